The Kier molecular flexibility index (Phi) is 18.2. The fraction of sp³-hybridized carbons (Fsp3) is 0.347. The van der Waals surface area contributed by atoms with E-state index in [1.165, 1.54) is 42.1 Å². The van der Waals surface area contributed by atoms with Gasteiger partial charge in [0.15, 0.2) is 0 Å². The molecule has 346 valence electrons. The van der Waals surface area contributed by atoms with Crippen LogP contribution in [-0.2, 0) is 35.0 Å². The molecule has 0 bridgehead atoms. The molecule has 4 rings (SSSR count). The van der Waals surface area contributed by atoms with Crippen LogP contribution in [0.4, 0.5) is 14.4 Å². The average molecular weight is 910 g/mol. The summed E-state index contributed by atoms with van der Waals surface area (Å²) in [5.74, 6) is -2.78. The van der Waals surface area contributed by atoms with Crippen molar-refractivity contribution in [1.82, 2.24) is 20.9 Å². The lowest BCUT2D eigenvalue weighted by atomic mass is 9.84. The molecule has 0 saturated heterocycles. The van der Waals surface area contributed by atoms with E-state index in [4.69, 9.17) is 19.9 Å². The third-order valence-corrected chi connectivity index (χ3v) is 11.2. The van der Waals surface area contributed by atoms with Crippen LogP contribution in [-0.4, -0.2) is 94.2 Å². The SMILES string of the molecule is C=CCN(C(=O)OC(C)(C)C)[C@@H](Cc1ccc(OC(=O)N[C@@H](CCNC(=O)OC(C)(C)C)C(=O)N[C@@H](CSC(c2ccccc2)(c2ccccc2)c2ccccc2)C(N)=O)cc1)C(=O)O. The van der Waals surface area contributed by atoms with Crippen LogP contribution in [0, 0.1) is 0 Å². The second-order valence-corrected chi connectivity index (χ2v) is 18.2. The van der Waals surface area contributed by atoms with Crippen LogP contribution < -0.4 is 26.4 Å². The monoisotopic (exact) mass is 909 g/mol. The summed E-state index contributed by atoms with van der Waals surface area (Å²) in [6.45, 7) is 13.5. The summed E-state index contributed by atoms with van der Waals surface area (Å²) in [6, 6.07) is 31.4. The minimum absolute atomic E-state index is 0.0191. The van der Waals surface area contributed by atoms with E-state index >= 15 is 0 Å². The number of alkyl carbamates (subject to hydrolysis) is 1. The quantitative estimate of drug-likeness (QED) is 0.0443. The van der Waals surface area contributed by atoms with Crippen molar-refractivity contribution in [3.8, 4) is 5.75 Å². The molecule has 0 aliphatic rings. The number of amides is 5. The van der Waals surface area contributed by atoms with Gasteiger partial charge in [0, 0.05) is 25.3 Å². The molecule has 3 atom stereocenters. The highest BCUT2D eigenvalue weighted by atomic mass is 32.2. The Labute approximate surface area is 384 Å². The van der Waals surface area contributed by atoms with E-state index in [1.54, 1.807) is 41.5 Å². The van der Waals surface area contributed by atoms with E-state index in [0.717, 1.165) is 21.6 Å². The van der Waals surface area contributed by atoms with Gasteiger partial charge in [-0.15, -0.1) is 18.3 Å². The van der Waals surface area contributed by atoms with Gasteiger partial charge in [0.25, 0.3) is 0 Å². The number of carboxylic acid groups (broad SMARTS) is 1. The van der Waals surface area contributed by atoms with Crippen molar-refractivity contribution in [2.45, 2.75) is 88.5 Å². The molecule has 0 unspecified atom stereocenters. The van der Waals surface area contributed by atoms with Gasteiger partial charge in [-0.3, -0.25) is 14.5 Å². The first kappa shape index (κ1) is 50.8. The molecule has 0 heterocycles. The predicted octanol–water partition coefficient (Wildman–Crippen LogP) is 7.17. The van der Waals surface area contributed by atoms with E-state index in [1.807, 2.05) is 91.0 Å². The number of carboxylic acids is 1. The largest absolute Gasteiger partial charge is 0.480 e. The minimum Gasteiger partial charge on any atom is -0.480 e. The highest BCUT2D eigenvalue weighted by Gasteiger charge is 2.39. The number of hydrogen-bond acceptors (Lipinski definition) is 10. The second-order valence-electron chi connectivity index (χ2n) is 17.0. The normalized spacial score (nSPS) is 12.9. The van der Waals surface area contributed by atoms with Gasteiger partial charge in [-0.2, -0.15) is 0 Å². The number of carbonyl (C=O) groups excluding carboxylic acids is 5. The van der Waals surface area contributed by atoms with Crippen molar-refractivity contribution in [2.75, 3.05) is 18.8 Å². The molecule has 4 aromatic carbocycles. The lowest BCUT2D eigenvalue weighted by Gasteiger charge is -2.36. The Morgan fingerprint density at radius 1 is 0.723 bits per heavy atom. The van der Waals surface area contributed by atoms with Crippen LogP contribution in [0.15, 0.2) is 128 Å². The number of carbonyl (C=O) groups is 6. The van der Waals surface area contributed by atoms with Crippen molar-refractivity contribution in [1.29, 1.82) is 0 Å². The molecular formula is C49H59N5O10S. The first-order chi connectivity index (χ1) is 30.7. The highest BCUT2D eigenvalue weighted by molar-refractivity contribution is 8.00. The molecular weight excluding hydrogens is 851 g/mol. The number of nitrogens with two attached hydrogens (primary N) is 1. The maximum Gasteiger partial charge on any atom is 0.413 e. The van der Waals surface area contributed by atoms with Gasteiger partial charge in [0.1, 0.15) is 35.1 Å². The first-order valence-corrected chi connectivity index (χ1v) is 22.0. The van der Waals surface area contributed by atoms with Gasteiger partial charge >= 0.3 is 24.2 Å². The lowest BCUT2D eigenvalue weighted by molar-refractivity contribution is -0.143. The number of aliphatic carboxylic acids is 1. The number of thioether (sulfide) groups is 1. The summed E-state index contributed by atoms with van der Waals surface area (Å²) >= 11 is 1.41. The third kappa shape index (κ3) is 15.4. The zero-order valence-electron chi connectivity index (χ0n) is 37.6. The minimum atomic E-state index is -1.34. The molecule has 0 aliphatic carbocycles. The number of rotatable bonds is 20. The molecule has 0 fully saturated rings. The van der Waals surface area contributed by atoms with E-state index < -0.39 is 70.1 Å². The molecule has 0 aromatic heterocycles. The van der Waals surface area contributed by atoms with Gasteiger partial charge in [-0.05, 0) is 82.3 Å². The van der Waals surface area contributed by atoms with Gasteiger partial charge in [0.05, 0.1) is 4.75 Å². The average Bonchev–Trinajstić information content (AvgIpc) is 3.24. The number of hydrogen-bond donors (Lipinski definition) is 5. The molecule has 4 aromatic rings. The van der Waals surface area contributed by atoms with Gasteiger partial charge in [-0.1, -0.05) is 109 Å². The zero-order chi connectivity index (χ0) is 47.8. The molecule has 16 heteroatoms. The zero-order valence-corrected chi connectivity index (χ0v) is 38.4. The smallest absolute Gasteiger partial charge is 0.413 e. The summed E-state index contributed by atoms with van der Waals surface area (Å²) in [5, 5.41) is 17.9. The standard InChI is InChI=1S/C49H59N5O10S/c1-8-30-54(46(61)64-48(5,6)7)40(43(57)58)31-33-24-26-37(27-25-33)62-45(60)53-38(28-29-51-44(59)63-47(2,3)4)42(56)52-39(41(50)55)32-65-49(34-18-12-9-13-19-34,35-20-14-10-15-21-35)36-22-16-11-17-23-36/h8-27,38-40H,1,28-32H2,2-7H3,(H2,50,55)(H,51,59)(H,52,56)(H,53,60)(H,57,58)/t38-,39-,40-/m0/s1. The third-order valence-electron chi connectivity index (χ3n) is 9.56. The Morgan fingerprint density at radius 3 is 1.68 bits per heavy atom. The van der Waals surface area contributed by atoms with E-state index in [9.17, 15) is 33.9 Å². The molecule has 0 saturated carbocycles. The van der Waals surface area contributed by atoms with Crippen molar-refractivity contribution in [2.24, 2.45) is 5.73 Å². The van der Waals surface area contributed by atoms with E-state index in [2.05, 4.69) is 22.5 Å². The highest BCUT2D eigenvalue weighted by Crippen LogP contribution is 2.48. The van der Waals surface area contributed by atoms with Crippen LogP contribution in [0.3, 0.4) is 0 Å². The maximum atomic E-state index is 14.1. The van der Waals surface area contributed by atoms with Crippen LogP contribution in [0.5, 0.6) is 5.75 Å². The molecule has 65 heavy (non-hydrogen) atoms. The lowest BCUT2D eigenvalue weighted by Crippen LogP contribution is -2.55. The van der Waals surface area contributed by atoms with Crippen LogP contribution in [0.1, 0.15) is 70.2 Å². The van der Waals surface area contributed by atoms with Crippen molar-refractivity contribution >= 4 is 47.8 Å². The van der Waals surface area contributed by atoms with Gasteiger partial charge in [0.2, 0.25) is 11.8 Å². The van der Waals surface area contributed by atoms with Crippen molar-refractivity contribution in [3.05, 3.63) is 150 Å². The number of primary amides is 1. The number of ether oxygens (including phenoxy) is 3. The summed E-state index contributed by atoms with van der Waals surface area (Å²) < 4.78 is 15.4. The molecule has 0 aliphatic heterocycles. The van der Waals surface area contributed by atoms with Crippen molar-refractivity contribution in [3.63, 3.8) is 0 Å². The number of nitrogens with zero attached hydrogens (tertiary/aromatic N) is 1. The molecule has 15 nitrogen and oxygen atoms in total. The maximum absolute atomic E-state index is 14.1. The summed E-state index contributed by atoms with van der Waals surface area (Å²) in [5.41, 5.74) is 7.57. The van der Waals surface area contributed by atoms with Crippen LogP contribution >= 0.6 is 11.8 Å². The van der Waals surface area contributed by atoms with Crippen LogP contribution in [0.25, 0.3) is 0 Å². The van der Waals surface area contributed by atoms with Crippen LogP contribution in [0.2, 0.25) is 0 Å². The summed E-state index contributed by atoms with van der Waals surface area (Å²) in [4.78, 5) is 79.4. The first-order valence-electron chi connectivity index (χ1n) is 21.0. The Bertz CT molecular complexity index is 2130. The fourth-order valence-electron chi connectivity index (χ4n) is 6.66. The van der Waals surface area contributed by atoms with Gasteiger partial charge in [-0.25, -0.2) is 19.2 Å². The number of nitrogens with one attached hydrogen (secondary N) is 3. The molecule has 5 amide bonds. The van der Waals surface area contributed by atoms with E-state index in [-0.39, 0.29) is 37.4 Å². The number of benzene rings is 4. The molecule has 0 spiro atoms. The van der Waals surface area contributed by atoms with E-state index in [0.29, 0.717) is 5.56 Å². The topological polar surface area (TPSA) is 216 Å². The van der Waals surface area contributed by atoms with Gasteiger partial charge < -0.3 is 41.0 Å². The summed E-state index contributed by atoms with van der Waals surface area (Å²) in [6.07, 6.45) is -1.45. The summed E-state index contributed by atoms with van der Waals surface area (Å²) in [7, 11) is 0. The second kappa shape index (κ2) is 23.2. The predicted molar refractivity (Wildman–Crippen MR) is 249 cm³/mol. The Balaban J connectivity index is 1.55. The fourth-order valence-corrected chi connectivity index (χ4v) is 8.23. The Hall–Kier alpha value is -6.81. The molecule has 6 N–H and O–H groups in total. The van der Waals surface area contributed by atoms with Crippen molar-refractivity contribution < 1.29 is 48.1 Å². The Morgan fingerprint density at radius 2 is 1.23 bits per heavy atom. The molecule has 0 radical (unpaired) electrons.